The van der Waals surface area contributed by atoms with Crippen molar-refractivity contribution in [3.8, 4) is 16.2 Å². The van der Waals surface area contributed by atoms with Crippen molar-refractivity contribution in [2.45, 2.75) is 39.2 Å². The second-order valence-electron chi connectivity index (χ2n) is 7.73. The molecular weight excluding hydrogens is 368 g/mol. The van der Waals surface area contributed by atoms with Crippen molar-refractivity contribution in [2.75, 3.05) is 18.5 Å². The molecule has 0 unspecified atom stereocenters. The van der Waals surface area contributed by atoms with Crippen LogP contribution in [0.15, 0.2) is 65.5 Å². The lowest BCUT2D eigenvalue weighted by Crippen LogP contribution is -2.30. The van der Waals surface area contributed by atoms with Crippen molar-refractivity contribution >= 4 is 17.2 Å². The van der Waals surface area contributed by atoms with Crippen LogP contribution in [-0.4, -0.2) is 17.1 Å². The lowest BCUT2D eigenvalue weighted by atomic mass is 10.1. The fraction of sp³-hybridized carbons (Fsp3) is 0.348. The van der Waals surface area contributed by atoms with Gasteiger partial charge in [0.05, 0.1) is 17.0 Å². The maximum Gasteiger partial charge on any atom is 0.285 e. The summed E-state index contributed by atoms with van der Waals surface area (Å²) in [5.41, 5.74) is 1.59. The van der Waals surface area contributed by atoms with Gasteiger partial charge in [0.1, 0.15) is 11.4 Å². The summed E-state index contributed by atoms with van der Waals surface area (Å²) >= 11 is 1.53. The molecule has 0 atom stereocenters. The summed E-state index contributed by atoms with van der Waals surface area (Å²) in [6, 6.07) is 20.0. The fourth-order valence-corrected chi connectivity index (χ4v) is 4.03. The third-order valence-corrected chi connectivity index (χ3v) is 5.86. The third-order valence-electron chi connectivity index (χ3n) is 4.34. The van der Waals surface area contributed by atoms with E-state index in [0.29, 0.717) is 12.3 Å². The molecule has 0 aliphatic heterocycles. The molecule has 1 heterocycles. The van der Waals surface area contributed by atoms with Gasteiger partial charge in [0.15, 0.2) is 0 Å². The maximum atomic E-state index is 13.0. The van der Waals surface area contributed by atoms with Gasteiger partial charge >= 0.3 is 0 Å². The average Bonchev–Trinajstić information content (AvgIpc) is 3.03. The molecular formula is C23H28N2O2S. The Kier molecular flexibility index (Phi) is 6.57. The summed E-state index contributed by atoms with van der Waals surface area (Å²) in [4.78, 5) is 14.0. The molecule has 0 saturated heterocycles. The summed E-state index contributed by atoms with van der Waals surface area (Å²) in [7, 11) is 0. The van der Waals surface area contributed by atoms with Gasteiger partial charge in [0.25, 0.3) is 5.56 Å². The number of unbranched alkanes of at least 4 members (excludes halogenated alkanes) is 1. The second kappa shape index (κ2) is 9.11. The normalized spacial score (nSPS) is 11.4. The van der Waals surface area contributed by atoms with E-state index in [2.05, 4.69) is 38.2 Å². The van der Waals surface area contributed by atoms with Gasteiger partial charge in [-0.2, -0.15) is 0 Å². The molecule has 28 heavy (non-hydrogen) atoms. The van der Waals surface area contributed by atoms with Gasteiger partial charge in [-0.05, 0) is 51.3 Å². The molecule has 148 valence electrons. The Bertz CT molecular complexity index is 925. The molecule has 2 aromatic carbocycles. The zero-order valence-corrected chi connectivity index (χ0v) is 17.6. The van der Waals surface area contributed by atoms with Crippen LogP contribution in [0, 0.1) is 0 Å². The van der Waals surface area contributed by atoms with E-state index in [1.807, 2.05) is 52.5 Å². The molecule has 0 saturated carbocycles. The first-order valence-electron chi connectivity index (χ1n) is 9.71. The number of ether oxygens (including phenoxy) is 1. The number of anilines is 1. The zero-order valence-electron chi connectivity index (χ0n) is 16.8. The number of benzene rings is 2. The highest BCUT2D eigenvalue weighted by Gasteiger charge is 2.23. The summed E-state index contributed by atoms with van der Waals surface area (Å²) in [5, 5.41) is 3.39. The molecule has 5 heteroatoms. The number of nitrogens with zero attached hydrogens (tertiary/aromatic N) is 1. The van der Waals surface area contributed by atoms with Crippen LogP contribution in [0.5, 0.6) is 5.75 Å². The van der Waals surface area contributed by atoms with Crippen LogP contribution in [0.25, 0.3) is 10.4 Å². The van der Waals surface area contributed by atoms with Crippen molar-refractivity contribution in [1.82, 2.24) is 3.96 Å². The highest BCUT2D eigenvalue weighted by atomic mass is 32.1. The highest BCUT2D eigenvalue weighted by Crippen LogP contribution is 2.33. The van der Waals surface area contributed by atoms with Crippen LogP contribution >= 0.6 is 11.5 Å². The Morgan fingerprint density at radius 2 is 1.61 bits per heavy atom. The molecule has 3 aromatic rings. The van der Waals surface area contributed by atoms with Crippen molar-refractivity contribution in [3.05, 3.63) is 71.0 Å². The fourth-order valence-electron chi connectivity index (χ4n) is 2.91. The average molecular weight is 397 g/mol. The number of para-hydroxylation sites is 1. The van der Waals surface area contributed by atoms with E-state index in [1.165, 1.54) is 11.5 Å². The standard InChI is InChI=1S/C23H28N2O2S/c1-23(2,3)25-22(26)20(21(28-25)18-12-6-4-7-13-18)24-16-10-11-17-27-19-14-8-5-9-15-19/h4-9,12-15,24H,10-11,16-17H2,1-3H3. The number of hydrogen-bond acceptors (Lipinski definition) is 4. The summed E-state index contributed by atoms with van der Waals surface area (Å²) < 4.78 is 7.59. The van der Waals surface area contributed by atoms with E-state index in [0.717, 1.165) is 35.6 Å². The Labute approximate surface area is 171 Å². The molecule has 3 rings (SSSR count). The van der Waals surface area contributed by atoms with Gasteiger partial charge in [0, 0.05) is 6.54 Å². The lowest BCUT2D eigenvalue weighted by molar-refractivity contribution is 0.308. The molecule has 4 nitrogen and oxygen atoms in total. The summed E-state index contributed by atoms with van der Waals surface area (Å²) in [5.74, 6) is 0.896. The first-order valence-corrected chi connectivity index (χ1v) is 10.5. The molecule has 1 aromatic heterocycles. The van der Waals surface area contributed by atoms with Crippen LogP contribution < -0.4 is 15.6 Å². The minimum atomic E-state index is -0.241. The Morgan fingerprint density at radius 3 is 2.25 bits per heavy atom. The molecule has 0 amide bonds. The van der Waals surface area contributed by atoms with E-state index in [-0.39, 0.29) is 11.1 Å². The third kappa shape index (κ3) is 5.04. The van der Waals surface area contributed by atoms with E-state index in [9.17, 15) is 4.79 Å². The van der Waals surface area contributed by atoms with Gasteiger partial charge in [-0.25, -0.2) is 0 Å². The molecule has 0 aliphatic carbocycles. The Morgan fingerprint density at radius 1 is 0.964 bits per heavy atom. The molecule has 0 aliphatic rings. The van der Waals surface area contributed by atoms with Crippen LogP contribution in [0.1, 0.15) is 33.6 Å². The summed E-state index contributed by atoms with van der Waals surface area (Å²) in [6.45, 7) is 7.60. The minimum Gasteiger partial charge on any atom is -0.494 e. The molecule has 1 N–H and O–H groups in total. The Hall–Kier alpha value is -2.53. The molecule has 0 fully saturated rings. The SMILES string of the molecule is CC(C)(C)n1sc(-c2ccccc2)c(NCCCCOc2ccccc2)c1=O. The van der Waals surface area contributed by atoms with Gasteiger partial charge in [-0.3, -0.25) is 8.75 Å². The molecule has 0 bridgehead atoms. The van der Waals surface area contributed by atoms with Crippen LogP contribution in [0.3, 0.4) is 0 Å². The molecule has 0 spiro atoms. The van der Waals surface area contributed by atoms with E-state index >= 15 is 0 Å². The van der Waals surface area contributed by atoms with Crippen LogP contribution in [0.2, 0.25) is 0 Å². The summed E-state index contributed by atoms with van der Waals surface area (Å²) in [6.07, 6.45) is 1.87. The van der Waals surface area contributed by atoms with Gasteiger partial charge in [-0.1, -0.05) is 60.1 Å². The van der Waals surface area contributed by atoms with Gasteiger partial charge < -0.3 is 10.1 Å². The minimum absolute atomic E-state index is 0.0527. The Balaban J connectivity index is 1.64. The predicted molar refractivity (Wildman–Crippen MR) is 119 cm³/mol. The smallest absolute Gasteiger partial charge is 0.285 e. The number of nitrogens with one attached hydrogen (secondary N) is 1. The van der Waals surface area contributed by atoms with Crippen molar-refractivity contribution < 1.29 is 4.74 Å². The van der Waals surface area contributed by atoms with Crippen molar-refractivity contribution in [2.24, 2.45) is 0 Å². The molecule has 0 radical (unpaired) electrons. The monoisotopic (exact) mass is 396 g/mol. The van der Waals surface area contributed by atoms with Crippen LogP contribution in [0.4, 0.5) is 5.69 Å². The number of rotatable bonds is 8. The second-order valence-corrected chi connectivity index (χ2v) is 8.68. The van der Waals surface area contributed by atoms with Gasteiger partial charge in [-0.15, -0.1) is 0 Å². The number of hydrogen-bond donors (Lipinski definition) is 1. The predicted octanol–water partition coefficient (Wildman–Crippen LogP) is 5.60. The largest absolute Gasteiger partial charge is 0.494 e. The first kappa shape index (κ1) is 20.2. The van der Waals surface area contributed by atoms with Gasteiger partial charge in [0.2, 0.25) is 0 Å². The highest BCUT2D eigenvalue weighted by molar-refractivity contribution is 7.11. The topological polar surface area (TPSA) is 43.3 Å². The van der Waals surface area contributed by atoms with Crippen molar-refractivity contribution in [3.63, 3.8) is 0 Å². The van der Waals surface area contributed by atoms with E-state index in [1.54, 1.807) is 0 Å². The quantitative estimate of drug-likeness (QED) is 0.504. The zero-order chi connectivity index (χ0) is 20.0. The lowest BCUT2D eigenvalue weighted by Gasteiger charge is -2.18. The van der Waals surface area contributed by atoms with E-state index in [4.69, 9.17) is 4.74 Å². The van der Waals surface area contributed by atoms with E-state index < -0.39 is 0 Å². The van der Waals surface area contributed by atoms with Crippen molar-refractivity contribution in [1.29, 1.82) is 0 Å². The van der Waals surface area contributed by atoms with Crippen LogP contribution in [-0.2, 0) is 5.54 Å². The maximum absolute atomic E-state index is 13.0. The number of aromatic nitrogens is 1. The first-order chi connectivity index (χ1) is 13.5.